The number of ether oxygens (including phenoxy) is 3. The second kappa shape index (κ2) is 10.7. The van der Waals surface area contributed by atoms with Crippen molar-refractivity contribution in [2.45, 2.75) is 52.2 Å². The molecule has 0 spiro atoms. The van der Waals surface area contributed by atoms with Crippen molar-refractivity contribution >= 4 is 0 Å². The van der Waals surface area contributed by atoms with Gasteiger partial charge < -0.3 is 14.2 Å². The largest absolute Gasteiger partial charge is 0.496 e. The number of benzene rings is 1. The van der Waals surface area contributed by atoms with Gasteiger partial charge in [0, 0.05) is 18.8 Å². The summed E-state index contributed by atoms with van der Waals surface area (Å²) in [6.07, 6.45) is 5.01. The van der Waals surface area contributed by atoms with Gasteiger partial charge in [0.2, 0.25) is 0 Å². The average Bonchev–Trinajstić information content (AvgIpc) is 2.45. The lowest BCUT2D eigenvalue weighted by atomic mass is 10.2. The molecule has 0 atom stereocenters. The molecule has 114 valence electrons. The molecule has 0 saturated heterocycles. The fraction of sp³-hybridized carbons (Fsp3) is 0.647. The lowest BCUT2D eigenvalue weighted by Crippen LogP contribution is -2.03. The van der Waals surface area contributed by atoms with E-state index in [0.717, 1.165) is 37.4 Å². The predicted octanol–water partition coefficient (Wildman–Crippen LogP) is 4.20. The molecule has 0 aliphatic rings. The van der Waals surface area contributed by atoms with Crippen molar-refractivity contribution in [1.82, 2.24) is 0 Å². The number of methoxy groups -OCH3 is 1. The van der Waals surface area contributed by atoms with Crippen LogP contribution in [0.2, 0.25) is 0 Å². The second-order valence-corrected chi connectivity index (χ2v) is 5.20. The zero-order valence-electron chi connectivity index (χ0n) is 13.1. The number of hydrogen-bond acceptors (Lipinski definition) is 3. The van der Waals surface area contributed by atoms with Gasteiger partial charge >= 0.3 is 0 Å². The Kier molecular flexibility index (Phi) is 9.09. The maximum Gasteiger partial charge on any atom is 0.124 e. The van der Waals surface area contributed by atoms with Crippen molar-refractivity contribution in [1.29, 1.82) is 0 Å². The predicted molar refractivity (Wildman–Crippen MR) is 82.2 cm³/mol. The monoisotopic (exact) mass is 280 g/mol. The van der Waals surface area contributed by atoms with Crippen LogP contribution in [0.5, 0.6) is 5.75 Å². The van der Waals surface area contributed by atoms with Gasteiger partial charge in [-0.1, -0.05) is 31.0 Å². The molecule has 0 amide bonds. The van der Waals surface area contributed by atoms with Crippen LogP contribution in [0.4, 0.5) is 0 Å². The highest BCUT2D eigenvalue weighted by atomic mass is 16.5. The standard InChI is InChI=1S/C17H28O3/c1-15(2)20-13-9-5-4-8-12-19-14-16-10-6-7-11-17(16)18-3/h6-7,10-11,15H,4-5,8-9,12-14H2,1-3H3. The van der Waals surface area contributed by atoms with E-state index in [0.29, 0.717) is 12.7 Å². The molecule has 3 heteroatoms. The number of para-hydroxylation sites is 1. The number of rotatable bonds is 11. The molecule has 0 radical (unpaired) electrons. The van der Waals surface area contributed by atoms with E-state index in [4.69, 9.17) is 14.2 Å². The van der Waals surface area contributed by atoms with E-state index in [2.05, 4.69) is 13.8 Å². The molecule has 0 aliphatic carbocycles. The van der Waals surface area contributed by atoms with Crippen LogP contribution < -0.4 is 4.74 Å². The third-order valence-electron chi connectivity index (χ3n) is 3.08. The zero-order valence-corrected chi connectivity index (χ0v) is 13.1. The molecule has 1 aromatic carbocycles. The Morgan fingerprint density at radius 2 is 1.65 bits per heavy atom. The third-order valence-corrected chi connectivity index (χ3v) is 3.08. The van der Waals surface area contributed by atoms with Crippen LogP contribution >= 0.6 is 0 Å². The van der Waals surface area contributed by atoms with Gasteiger partial charge in [-0.05, 0) is 32.8 Å². The van der Waals surface area contributed by atoms with Crippen LogP contribution in [-0.2, 0) is 16.1 Å². The van der Waals surface area contributed by atoms with Gasteiger partial charge in [-0.15, -0.1) is 0 Å². The van der Waals surface area contributed by atoms with Crippen LogP contribution in [-0.4, -0.2) is 26.4 Å². The Balaban J connectivity index is 1.99. The van der Waals surface area contributed by atoms with Crippen molar-refractivity contribution in [2.75, 3.05) is 20.3 Å². The molecule has 0 N–H and O–H groups in total. The van der Waals surface area contributed by atoms with Gasteiger partial charge in [0.05, 0.1) is 19.8 Å². The fourth-order valence-corrected chi connectivity index (χ4v) is 1.98. The summed E-state index contributed by atoms with van der Waals surface area (Å²) in [7, 11) is 1.69. The molecule has 0 unspecified atom stereocenters. The smallest absolute Gasteiger partial charge is 0.124 e. The highest BCUT2D eigenvalue weighted by Gasteiger charge is 2.01. The van der Waals surface area contributed by atoms with Gasteiger partial charge in [-0.3, -0.25) is 0 Å². The van der Waals surface area contributed by atoms with E-state index in [1.807, 2.05) is 24.3 Å². The summed E-state index contributed by atoms with van der Waals surface area (Å²) in [5.74, 6) is 0.901. The van der Waals surface area contributed by atoms with E-state index in [-0.39, 0.29) is 0 Å². The molecule has 3 nitrogen and oxygen atoms in total. The quantitative estimate of drug-likeness (QED) is 0.569. The van der Waals surface area contributed by atoms with Crippen molar-refractivity contribution in [3.63, 3.8) is 0 Å². The molecule has 0 heterocycles. The average molecular weight is 280 g/mol. The van der Waals surface area contributed by atoms with Crippen LogP contribution in [0.1, 0.15) is 45.1 Å². The molecular formula is C17H28O3. The summed E-state index contributed by atoms with van der Waals surface area (Å²) in [4.78, 5) is 0. The first kappa shape index (κ1) is 17.0. The molecule has 20 heavy (non-hydrogen) atoms. The van der Waals surface area contributed by atoms with Gasteiger partial charge in [-0.25, -0.2) is 0 Å². The Bertz CT molecular complexity index is 350. The highest BCUT2D eigenvalue weighted by molar-refractivity contribution is 5.32. The lowest BCUT2D eigenvalue weighted by molar-refractivity contribution is 0.0744. The van der Waals surface area contributed by atoms with E-state index >= 15 is 0 Å². The van der Waals surface area contributed by atoms with Crippen LogP contribution in [0.3, 0.4) is 0 Å². The molecule has 0 fully saturated rings. The van der Waals surface area contributed by atoms with E-state index in [1.54, 1.807) is 7.11 Å². The van der Waals surface area contributed by atoms with Crippen LogP contribution in [0.25, 0.3) is 0 Å². The highest BCUT2D eigenvalue weighted by Crippen LogP contribution is 2.18. The molecule has 0 bridgehead atoms. The summed E-state index contributed by atoms with van der Waals surface area (Å²) >= 11 is 0. The Labute approximate surface area is 123 Å². The number of unbranched alkanes of at least 4 members (excludes halogenated alkanes) is 3. The molecular weight excluding hydrogens is 252 g/mol. The summed E-state index contributed by atoms with van der Waals surface area (Å²) < 4.78 is 16.5. The van der Waals surface area contributed by atoms with Crippen LogP contribution in [0.15, 0.2) is 24.3 Å². The summed E-state index contributed by atoms with van der Waals surface area (Å²) in [5, 5.41) is 0. The maximum absolute atomic E-state index is 5.70. The Hall–Kier alpha value is -1.06. The van der Waals surface area contributed by atoms with Gasteiger partial charge in [0.1, 0.15) is 5.75 Å². The van der Waals surface area contributed by atoms with E-state index in [1.165, 1.54) is 12.8 Å². The summed E-state index contributed by atoms with van der Waals surface area (Å²) in [6, 6.07) is 7.99. The van der Waals surface area contributed by atoms with Crippen LogP contribution in [0, 0.1) is 0 Å². The van der Waals surface area contributed by atoms with Crippen molar-refractivity contribution in [2.24, 2.45) is 0 Å². The van der Waals surface area contributed by atoms with Gasteiger partial charge in [0.25, 0.3) is 0 Å². The fourth-order valence-electron chi connectivity index (χ4n) is 1.98. The molecule has 0 aliphatic heterocycles. The summed E-state index contributed by atoms with van der Waals surface area (Å²) in [5.41, 5.74) is 1.11. The first-order valence-corrected chi connectivity index (χ1v) is 7.55. The topological polar surface area (TPSA) is 27.7 Å². The molecule has 1 aromatic rings. The van der Waals surface area contributed by atoms with Crippen molar-refractivity contribution < 1.29 is 14.2 Å². The second-order valence-electron chi connectivity index (χ2n) is 5.20. The van der Waals surface area contributed by atoms with Crippen molar-refractivity contribution in [3.05, 3.63) is 29.8 Å². The minimum absolute atomic E-state index is 0.346. The first-order valence-electron chi connectivity index (χ1n) is 7.55. The lowest BCUT2D eigenvalue weighted by Gasteiger charge is -2.09. The molecule has 1 rings (SSSR count). The maximum atomic E-state index is 5.70. The van der Waals surface area contributed by atoms with E-state index < -0.39 is 0 Å². The Morgan fingerprint density at radius 3 is 2.35 bits per heavy atom. The van der Waals surface area contributed by atoms with Gasteiger partial charge in [-0.2, -0.15) is 0 Å². The summed E-state index contributed by atoms with van der Waals surface area (Å²) in [6.45, 7) is 6.46. The van der Waals surface area contributed by atoms with Crippen molar-refractivity contribution in [3.8, 4) is 5.75 Å². The molecule has 0 saturated carbocycles. The Morgan fingerprint density at radius 1 is 0.950 bits per heavy atom. The SMILES string of the molecule is COc1ccccc1COCCCCCCOC(C)C. The zero-order chi connectivity index (χ0) is 14.6. The minimum Gasteiger partial charge on any atom is -0.496 e. The number of hydrogen-bond donors (Lipinski definition) is 0. The normalized spacial score (nSPS) is 11.0. The third kappa shape index (κ3) is 7.51. The van der Waals surface area contributed by atoms with Gasteiger partial charge in [0.15, 0.2) is 0 Å². The van der Waals surface area contributed by atoms with E-state index in [9.17, 15) is 0 Å². The first-order chi connectivity index (χ1) is 9.74. The minimum atomic E-state index is 0.346. The molecule has 0 aromatic heterocycles.